The predicted octanol–water partition coefficient (Wildman–Crippen LogP) is 0.844. The first kappa shape index (κ1) is 14.8. The van der Waals surface area contributed by atoms with Gasteiger partial charge in [-0.05, 0) is 33.4 Å². The lowest BCUT2D eigenvalue weighted by atomic mass is 10.4. The van der Waals surface area contributed by atoms with Crippen LogP contribution in [-0.4, -0.2) is 67.2 Å². The van der Waals surface area contributed by atoms with Gasteiger partial charge < -0.3 is 19.9 Å². The van der Waals surface area contributed by atoms with Gasteiger partial charge in [-0.3, -0.25) is 0 Å². The minimum absolute atomic E-state index is 0.407. The van der Waals surface area contributed by atoms with E-state index in [2.05, 4.69) is 30.1 Å². The Balaban J connectivity index is 1.98. The normalized spacial score (nSPS) is 14.9. The molecule has 1 aliphatic heterocycles. The smallest absolute Gasteiger partial charge is 0.323 e. The Morgan fingerprint density at radius 1 is 1.20 bits per heavy atom. The molecule has 112 valence electrons. The number of anilines is 2. The lowest BCUT2D eigenvalue weighted by molar-refractivity contribution is 0.263. The van der Waals surface area contributed by atoms with Gasteiger partial charge in [-0.1, -0.05) is 0 Å². The molecule has 1 fully saturated rings. The molecule has 7 heteroatoms. The van der Waals surface area contributed by atoms with Gasteiger partial charge in [0.2, 0.25) is 11.9 Å². The van der Waals surface area contributed by atoms with Gasteiger partial charge >= 0.3 is 6.01 Å². The zero-order valence-electron chi connectivity index (χ0n) is 12.6. The summed E-state index contributed by atoms with van der Waals surface area (Å²) in [6.07, 6.45) is 3.34. The molecule has 0 radical (unpaired) electrons. The van der Waals surface area contributed by atoms with Gasteiger partial charge in [0.05, 0.1) is 6.61 Å². The van der Waals surface area contributed by atoms with Crippen LogP contribution >= 0.6 is 0 Å². The van der Waals surface area contributed by atoms with Crippen LogP contribution in [0.4, 0.5) is 11.9 Å². The minimum atomic E-state index is 0.407. The average Bonchev–Trinajstić information content (AvgIpc) is 2.97. The van der Waals surface area contributed by atoms with E-state index in [-0.39, 0.29) is 0 Å². The molecular formula is C13H24N6O. The maximum atomic E-state index is 5.64. The topological polar surface area (TPSA) is 66.4 Å². The standard InChI is InChI=1S/C13H24N6O/c1-14-11-15-12(19-8-4-5-9-19)17-13(16-11)20-10-6-7-18(2)3/h4-10H2,1-3H3,(H,14,15,16,17). The molecule has 2 rings (SSSR count). The third-order valence-electron chi connectivity index (χ3n) is 3.20. The highest BCUT2D eigenvalue weighted by Gasteiger charge is 2.17. The molecule has 2 heterocycles. The third kappa shape index (κ3) is 4.19. The number of rotatable bonds is 7. The number of nitrogens with one attached hydrogen (secondary N) is 1. The average molecular weight is 280 g/mol. The second-order valence-electron chi connectivity index (χ2n) is 5.19. The quantitative estimate of drug-likeness (QED) is 0.742. The van der Waals surface area contributed by atoms with Gasteiger partial charge in [-0.15, -0.1) is 0 Å². The summed E-state index contributed by atoms with van der Waals surface area (Å²) in [5, 5.41) is 2.96. The first-order chi connectivity index (χ1) is 9.69. The van der Waals surface area contributed by atoms with Gasteiger partial charge in [-0.25, -0.2) is 0 Å². The highest BCUT2D eigenvalue weighted by atomic mass is 16.5. The fourth-order valence-corrected chi connectivity index (χ4v) is 2.13. The second-order valence-corrected chi connectivity index (χ2v) is 5.19. The maximum absolute atomic E-state index is 5.64. The molecule has 0 aromatic carbocycles. The fraction of sp³-hybridized carbons (Fsp3) is 0.769. The number of nitrogens with zero attached hydrogens (tertiary/aromatic N) is 5. The summed E-state index contributed by atoms with van der Waals surface area (Å²) in [6, 6.07) is 0.407. The monoisotopic (exact) mass is 280 g/mol. The zero-order chi connectivity index (χ0) is 14.4. The van der Waals surface area contributed by atoms with Crippen LogP contribution < -0.4 is 15.0 Å². The molecule has 1 aromatic rings. The summed E-state index contributed by atoms with van der Waals surface area (Å²) in [5.74, 6) is 1.27. The maximum Gasteiger partial charge on any atom is 0.323 e. The van der Waals surface area contributed by atoms with E-state index >= 15 is 0 Å². The molecular weight excluding hydrogens is 256 g/mol. The van der Waals surface area contributed by atoms with Gasteiger partial charge in [0.25, 0.3) is 0 Å². The van der Waals surface area contributed by atoms with Crippen molar-refractivity contribution in [3.63, 3.8) is 0 Å². The zero-order valence-corrected chi connectivity index (χ0v) is 12.6. The van der Waals surface area contributed by atoms with E-state index in [0.29, 0.717) is 24.5 Å². The predicted molar refractivity (Wildman–Crippen MR) is 79.5 cm³/mol. The van der Waals surface area contributed by atoms with E-state index in [9.17, 15) is 0 Å². The van der Waals surface area contributed by atoms with E-state index in [0.717, 1.165) is 26.1 Å². The molecule has 0 spiro atoms. The van der Waals surface area contributed by atoms with Crippen molar-refractivity contribution in [3.05, 3.63) is 0 Å². The Bertz CT molecular complexity index is 419. The van der Waals surface area contributed by atoms with Gasteiger partial charge in [-0.2, -0.15) is 15.0 Å². The molecule has 1 aliphatic rings. The lowest BCUT2D eigenvalue weighted by Crippen LogP contribution is -2.22. The van der Waals surface area contributed by atoms with Gasteiger partial charge in [0, 0.05) is 26.7 Å². The molecule has 1 N–H and O–H groups in total. The summed E-state index contributed by atoms with van der Waals surface area (Å²) in [5.41, 5.74) is 0. The number of hydrogen-bond donors (Lipinski definition) is 1. The number of ether oxygens (including phenoxy) is 1. The Morgan fingerprint density at radius 3 is 2.60 bits per heavy atom. The van der Waals surface area contributed by atoms with Crippen LogP contribution in [0.3, 0.4) is 0 Å². The van der Waals surface area contributed by atoms with Gasteiger partial charge in [0.1, 0.15) is 0 Å². The van der Waals surface area contributed by atoms with Crippen LogP contribution in [0.2, 0.25) is 0 Å². The molecule has 1 saturated heterocycles. The van der Waals surface area contributed by atoms with E-state index in [1.54, 1.807) is 7.05 Å². The first-order valence-electron chi connectivity index (χ1n) is 7.15. The molecule has 0 aliphatic carbocycles. The molecule has 0 atom stereocenters. The van der Waals surface area contributed by atoms with Crippen molar-refractivity contribution >= 4 is 11.9 Å². The summed E-state index contributed by atoms with van der Waals surface area (Å²) < 4.78 is 5.64. The van der Waals surface area contributed by atoms with Crippen LogP contribution in [0.25, 0.3) is 0 Å². The van der Waals surface area contributed by atoms with Crippen LogP contribution in [0.5, 0.6) is 6.01 Å². The highest BCUT2D eigenvalue weighted by Crippen LogP contribution is 2.19. The van der Waals surface area contributed by atoms with Crippen LogP contribution in [-0.2, 0) is 0 Å². The molecule has 0 unspecified atom stereocenters. The van der Waals surface area contributed by atoms with Crippen molar-refractivity contribution < 1.29 is 4.74 Å². The highest BCUT2D eigenvalue weighted by molar-refractivity contribution is 5.38. The van der Waals surface area contributed by atoms with Crippen molar-refractivity contribution in [1.29, 1.82) is 0 Å². The van der Waals surface area contributed by atoms with Crippen molar-refractivity contribution in [2.75, 3.05) is 57.6 Å². The Kier molecular flexibility index (Phi) is 5.34. The molecule has 0 bridgehead atoms. The summed E-state index contributed by atoms with van der Waals surface area (Å²) in [6.45, 7) is 3.62. The molecule has 7 nitrogen and oxygen atoms in total. The SMILES string of the molecule is CNc1nc(OCCCN(C)C)nc(N2CCCC2)n1. The largest absolute Gasteiger partial charge is 0.463 e. The van der Waals surface area contributed by atoms with Crippen molar-refractivity contribution in [3.8, 4) is 6.01 Å². The first-order valence-corrected chi connectivity index (χ1v) is 7.15. The number of hydrogen-bond acceptors (Lipinski definition) is 7. The fourth-order valence-electron chi connectivity index (χ4n) is 2.13. The third-order valence-corrected chi connectivity index (χ3v) is 3.20. The van der Waals surface area contributed by atoms with Crippen LogP contribution in [0.15, 0.2) is 0 Å². The number of aromatic nitrogens is 3. The van der Waals surface area contributed by atoms with Gasteiger partial charge in [0.15, 0.2) is 0 Å². The van der Waals surface area contributed by atoms with Crippen molar-refractivity contribution in [1.82, 2.24) is 19.9 Å². The second kappa shape index (κ2) is 7.23. The molecule has 1 aromatic heterocycles. The Hall–Kier alpha value is -1.63. The summed E-state index contributed by atoms with van der Waals surface area (Å²) >= 11 is 0. The van der Waals surface area contributed by atoms with Crippen molar-refractivity contribution in [2.24, 2.45) is 0 Å². The van der Waals surface area contributed by atoms with E-state index in [4.69, 9.17) is 4.74 Å². The van der Waals surface area contributed by atoms with Crippen LogP contribution in [0, 0.1) is 0 Å². The molecule has 20 heavy (non-hydrogen) atoms. The molecule has 0 saturated carbocycles. The summed E-state index contributed by atoms with van der Waals surface area (Å²) in [4.78, 5) is 17.4. The minimum Gasteiger partial charge on any atom is -0.463 e. The lowest BCUT2D eigenvalue weighted by Gasteiger charge is -2.16. The van der Waals surface area contributed by atoms with E-state index in [1.165, 1.54) is 12.8 Å². The Morgan fingerprint density at radius 2 is 1.95 bits per heavy atom. The Labute approximate surface area is 120 Å². The van der Waals surface area contributed by atoms with Crippen molar-refractivity contribution in [2.45, 2.75) is 19.3 Å². The van der Waals surface area contributed by atoms with E-state index in [1.807, 2.05) is 14.1 Å². The summed E-state index contributed by atoms with van der Waals surface area (Å²) in [7, 11) is 5.90. The molecule has 0 amide bonds. The van der Waals surface area contributed by atoms with Crippen LogP contribution in [0.1, 0.15) is 19.3 Å². The van der Waals surface area contributed by atoms with E-state index < -0.39 is 0 Å².